The Balaban J connectivity index is 1.38. The van der Waals surface area contributed by atoms with Crippen molar-refractivity contribution >= 4 is 16.9 Å². The first-order valence-electron chi connectivity index (χ1n) is 10.2. The van der Waals surface area contributed by atoms with E-state index in [1.54, 1.807) is 6.07 Å². The first-order valence-corrected chi connectivity index (χ1v) is 10.2. The van der Waals surface area contributed by atoms with Crippen molar-refractivity contribution in [3.63, 3.8) is 0 Å². The van der Waals surface area contributed by atoms with Crippen LogP contribution in [-0.4, -0.2) is 49.2 Å². The van der Waals surface area contributed by atoms with Gasteiger partial charge in [0.25, 0.3) is 11.8 Å². The highest BCUT2D eigenvalue weighted by Gasteiger charge is 2.35. The number of likely N-dealkylation sites (tertiary alicyclic amines) is 1. The Kier molecular flexibility index (Phi) is 4.37. The van der Waals surface area contributed by atoms with Crippen LogP contribution in [0.5, 0.6) is 0 Å². The van der Waals surface area contributed by atoms with E-state index in [-0.39, 0.29) is 31.8 Å². The van der Waals surface area contributed by atoms with Gasteiger partial charge in [-0.2, -0.15) is 5.10 Å². The number of hydrogen-bond donors (Lipinski definition) is 0. The summed E-state index contributed by atoms with van der Waals surface area (Å²) in [5.74, 6) is -2.91. The quantitative estimate of drug-likeness (QED) is 0.663. The molecule has 5 rings (SSSR count). The van der Waals surface area contributed by atoms with E-state index in [9.17, 15) is 13.6 Å². The minimum atomic E-state index is -2.67. The molecule has 0 radical (unpaired) electrons. The predicted molar refractivity (Wildman–Crippen MR) is 104 cm³/mol. The lowest BCUT2D eigenvalue weighted by Crippen LogP contribution is -2.42. The fraction of sp³-hybridized carbons (Fsp3) is 0.476. The molecular formula is C21H23F2N5O. The van der Waals surface area contributed by atoms with Gasteiger partial charge in [-0.1, -0.05) is 12.8 Å². The molecule has 1 aliphatic heterocycles. The van der Waals surface area contributed by atoms with E-state index < -0.39 is 5.92 Å². The minimum absolute atomic E-state index is 0.0746. The molecule has 4 heterocycles. The van der Waals surface area contributed by atoms with Crippen LogP contribution < -0.4 is 0 Å². The van der Waals surface area contributed by atoms with Gasteiger partial charge < -0.3 is 4.90 Å². The molecule has 2 fully saturated rings. The SMILES string of the molecule is O=C(c1cnc2c(ccn2-c2cnn(C3CCCC3)c2)c1)N1CCC(F)(F)CC1. The molecule has 1 saturated carbocycles. The second-order valence-electron chi connectivity index (χ2n) is 8.09. The Morgan fingerprint density at radius 3 is 2.66 bits per heavy atom. The fourth-order valence-electron chi connectivity index (χ4n) is 4.39. The Hall–Kier alpha value is -2.77. The molecule has 6 nitrogen and oxygen atoms in total. The van der Waals surface area contributed by atoms with Gasteiger partial charge in [-0.3, -0.25) is 14.0 Å². The van der Waals surface area contributed by atoms with Gasteiger partial charge in [-0.15, -0.1) is 0 Å². The summed E-state index contributed by atoms with van der Waals surface area (Å²) in [5, 5.41) is 5.37. The molecule has 152 valence electrons. The van der Waals surface area contributed by atoms with Gasteiger partial charge in [0.2, 0.25) is 0 Å². The van der Waals surface area contributed by atoms with Gasteiger partial charge in [0.1, 0.15) is 5.65 Å². The van der Waals surface area contributed by atoms with Gasteiger partial charge in [0, 0.05) is 49.9 Å². The molecule has 1 amide bonds. The van der Waals surface area contributed by atoms with E-state index in [4.69, 9.17) is 0 Å². The largest absolute Gasteiger partial charge is 0.338 e. The van der Waals surface area contributed by atoms with Crippen LogP contribution in [0.15, 0.2) is 36.9 Å². The number of hydrogen-bond acceptors (Lipinski definition) is 3. The summed E-state index contributed by atoms with van der Waals surface area (Å²) in [6, 6.07) is 4.17. The third-order valence-electron chi connectivity index (χ3n) is 6.12. The molecule has 0 unspecified atom stereocenters. The van der Waals surface area contributed by atoms with Crippen molar-refractivity contribution in [2.24, 2.45) is 0 Å². The highest BCUT2D eigenvalue weighted by molar-refractivity contribution is 5.97. The Morgan fingerprint density at radius 1 is 1.14 bits per heavy atom. The summed E-state index contributed by atoms with van der Waals surface area (Å²) in [5.41, 5.74) is 2.12. The Labute approximate surface area is 167 Å². The summed E-state index contributed by atoms with van der Waals surface area (Å²) in [7, 11) is 0. The summed E-state index contributed by atoms with van der Waals surface area (Å²) in [4.78, 5) is 18.7. The van der Waals surface area contributed by atoms with Crippen LogP contribution >= 0.6 is 0 Å². The molecule has 1 saturated heterocycles. The van der Waals surface area contributed by atoms with Crippen LogP contribution in [0.4, 0.5) is 8.78 Å². The third-order valence-corrected chi connectivity index (χ3v) is 6.12. The summed E-state index contributed by atoms with van der Waals surface area (Å²) in [6.07, 6.45) is 11.6. The number of halogens is 2. The molecule has 8 heteroatoms. The second kappa shape index (κ2) is 6.93. The number of pyridine rings is 1. The molecule has 0 spiro atoms. The van der Waals surface area contributed by atoms with Crippen LogP contribution in [0.2, 0.25) is 0 Å². The predicted octanol–water partition coefficient (Wildman–Crippen LogP) is 4.21. The van der Waals surface area contributed by atoms with E-state index in [0.29, 0.717) is 11.6 Å². The first kappa shape index (κ1) is 18.3. The lowest BCUT2D eigenvalue weighted by molar-refractivity contribution is -0.0494. The van der Waals surface area contributed by atoms with E-state index in [0.717, 1.165) is 16.7 Å². The highest BCUT2D eigenvalue weighted by atomic mass is 19.3. The van der Waals surface area contributed by atoms with Crippen LogP contribution in [0, 0.1) is 0 Å². The van der Waals surface area contributed by atoms with Gasteiger partial charge in [0.15, 0.2) is 0 Å². The number of rotatable bonds is 3. The third kappa shape index (κ3) is 3.41. The van der Waals surface area contributed by atoms with Crippen LogP contribution in [0.25, 0.3) is 16.7 Å². The smallest absolute Gasteiger partial charge is 0.255 e. The highest BCUT2D eigenvalue weighted by Crippen LogP contribution is 2.30. The lowest BCUT2D eigenvalue weighted by Gasteiger charge is -2.31. The Morgan fingerprint density at radius 2 is 1.90 bits per heavy atom. The van der Waals surface area contributed by atoms with Gasteiger partial charge in [-0.25, -0.2) is 13.8 Å². The summed E-state index contributed by atoms with van der Waals surface area (Å²) in [6.45, 7) is 0.149. The number of alkyl halides is 2. The Bertz CT molecular complexity index is 1040. The van der Waals surface area contributed by atoms with Crippen LogP contribution in [-0.2, 0) is 0 Å². The molecule has 0 N–H and O–H groups in total. The van der Waals surface area contributed by atoms with Crippen molar-refractivity contribution in [3.8, 4) is 5.69 Å². The molecule has 0 bridgehead atoms. The summed E-state index contributed by atoms with van der Waals surface area (Å²) >= 11 is 0. The van der Waals surface area contributed by atoms with Crippen molar-refractivity contribution < 1.29 is 13.6 Å². The van der Waals surface area contributed by atoms with Crippen molar-refractivity contribution in [2.75, 3.05) is 13.1 Å². The number of nitrogens with zero attached hydrogens (tertiary/aromatic N) is 5. The standard InChI is InChI=1S/C21H23F2N5O/c22-21(23)6-9-26(10-7-21)20(29)16-11-15-5-8-27(19(15)24-12-16)18-13-25-28(14-18)17-3-1-2-4-17/h5,8,11-14,17H,1-4,6-7,9-10H2. The minimum Gasteiger partial charge on any atom is -0.338 e. The van der Waals surface area contributed by atoms with Crippen molar-refractivity contribution in [1.82, 2.24) is 24.2 Å². The monoisotopic (exact) mass is 399 g/mol. The molecule has 0 aromatic carbocycles. The molecule has 29 heavy (non-hydrogen) atoms. The number of piperidine rings is 1. The average Bonchev–Trinajstić information content (AvgIpc) is 3.46. The van der Waals surface area contributed by atoms with Gasteiger partial charge in [-0.05, 0) is 25.0 Å². The average molecular weight is 399 g/mol. The molecular weight excluding hydrogens is 376 g/mol. The summed E-state index contributed by atoms with van der Waals surface area (Å²) < 4.78 is 30.7. The van der Waals surface area contributed by atoms with Gasteiger partial charge >= 0.3 is 0 Å². The van der Waals surface area contributed by atoms with E-state index in [2.05, 4.69) is 10.1 Å². The van der Waals surface area contributed by atoms with Crippen molar-refractivity contribution in [2.45, 2.75) is 50.5 Å². The number of carbonyl (C=O) groups is 1. The zero-order valence-corrected chi connectivity index (χ0v) is 16.1. The van der Waals surface area contributed by atoms with Crippen molar-refractivity contribution in [3.05, 3.63) is 42.5 Å². The van der Waals surface area contributed by atoms with E-state index in [1.165, 1.54) is 36.8 Å². The van der Waals surface area contributed by atoms with E-state index >= 15 is 0 Å². The molecule has 2 aliphatic rings. The topological polar surface area (TPSA) is 56.0 Å². The number of aromatic nitrogens is 4. The van der Waals surface area contributed by atoms with Crippen LogP contribution in [0.1, 0.15) is 54.9 Å². The molecule has 0 atom stereocenters. The second-order valence-corrected chi connectivity index (χ2v) is 8.09. The van der Waals surface area contributed by atoms with Crippen LogP contribution in [0.3, 0.4) is 0 Å². The zero-order valence-electron chi connectivity index (χ0n) is 16.1. The lowest BCUT2D eigenvalue weighted by atomic mass is 10.1. The number of fused-ring (bicyclic) bond motifs is 1. The number of amides is 1. The van der Waals surface area contributed by atoms with E-state index in [1.807, 2.05) is 33.9 Å². The zero-order chi connectivity index (χ0) is 20.0. The molecule has 3 aromatic heterocycles. The van der Waals surface area contributed by atoms with Gasteiger partial charge in [0.05, 0.1) is 23.5 Å². The maximum atomic E-state index is 13.4. The van der Waals surface area contributed by atoms with Crippen molar-refractivity contribution in [1.29, 1.82) is 0 Å². The maximum absolute atomic E-state index is 13.4. The maximum Gasteiger partial charge on any atom is 0.255 e. The first-order chi connectivity index (χ1) is 14.0. The fourth-order valence-corrected chi connectivity index (χ4v) is 4.39. The molecule has 1 aliphatic carbocycles. The normalized spacial score (nSPS) is 19.9. The molecule has 3 aromatic rings. The number of carbonyl (C=O) groups excluding carboxylic acids is 1.